The minimum absolute atomic E-state index is 0.463. The lowest BCUT2D eigenvalue weighted by Crippen LogP contribution is -2.18. The number of rotatable bonds is 15. The Morgan fingerprint density at radius 2 is 0.559 bits per heavy atom. The van der Waals surface area contributed by atoms with Crippen molar-refractivity contribution in [1.29, 1.82) is 0 Å². The molecule has 0 unspecified atom stereocenters. The average Bonchev–Trinajstić information content (AvgIpc) is 3.42. The molecule has 68 heavy (non-hydrogen) atoms. The van der Waals surface area contributed by atoms with Gasteiger partial charge in [-0.2, -0.15) is 0 Å². The van der Waals surface area contributed by atoms with E-state index in [0.717, 1.165) is 90.5 Å². The molecule has 0 aromatic heterocycles. The van der Waals surface area contributed by atoms with Crippen LogP contribution in [0, 0.1) is 0 Å². The number of nitrogens with two attached hydrogens (primary N) is 2. The predicted molar refractivity (Wildman–Crippen MR) is 286 cm³/mol. The fourth-order valence-electron chi connectivity index (χ4n) is 8.98. The Hall–Kier alpha value is -8.68. The van der Waals surface area contributed by atoms with Gasteiger partial charge in [0, 0.05) is 75.5 Å². The van der Waals surface area contributed by atoms with E-state index >= 15 is 0 Å². The predicted octanol–water partition coefficient (Wildman–Crippen LogP) is 16.2. The van der Waals surface area contributed by atoms with Crippen LogP contribution in [-0.4, -0.2) is 0 Å². The number of hydrogen-bond acceptors (Lipinski definition) is 6. The number of benzene rings is 10. The maximum atomic E-state index is 6.16. The number of nitrogens with zero attached hydrogens (tertiary/aromatic N) is 4. The summed E-state index contributed by atoms with van der Waals surface area (Å²) in [6, 6.07) is 94.3. The molecule has 0 aliphatic rings. The lowest BCUT2D eigenvalue weighted by Gasteiger charge is -2.35. The molecular weight excluding hydrogens is 829 g/mol. The third-order valence-corrected chi connectivity index (χ3v) is 12.2. The van der Waals surface area contributed by atoms with Gasteiger partial charge in [0.1, 0.15) is 0 Å². The topological polar surface area (TPSA) is 65.0 Å². The fourth-order valence-corrected chi connectivity index (χ4v) is 8.98. The van der Waals surface area contributed by atoms with Crippen molar-refractivity contribution in [2.45, 2.75) is 13.1 Å². The van der Waals surface area contributed by atoms with Gasteiger partial charge in [0.05, 0.1) is 11.4 Å². The largest absolute Gasteiger partial charge is 0.326 e. The zero-order valence-electron chi connectivity index (χ0n) is 37.8. The van der Waals surface area contributed by atoms with Crippen molar-refractivity contribution < 1.29 is 0 Å². The van der Waals surface area contributed by atoms with E-state index in [2.05, 4.69) is 287 Å². The second kappa shape index (κ2) is 20.2. The molecular formula is C62H52N6. The molecule has 0 heterocycles. The maximum Gasteiger partial charge on any atom is 0.0781 e. The molecule has 0 amide bonds. The molecule has 0 spiro atoms. The van der Waals surface area contributed by atoms with Gasteiger partial charge in [0.25, 0.3) is 0 Å². The Morgan fingerprint density at radius 1 is 0.250 bits per heavy atom. The van der Waals surface area contributed by atoms with Gasteiger partial charge in [0.2, 0.25) is 0 Å². The third-order valence-electron chi connectivity index (χ3n) is 12.2. The molecule has 6 nitrogen and oxygen atoms in total. The zero-order chi connectivity index (χ0) is 46.1. The average molecular weight is 881 g/mol. The first-order valence-corrected chi connectivity index (χ1v) is 23.0. The van der Waals surface area contributed by atoms with Crippen LogP contribution in [0.25, 0.3) is 11.1 Å². The van der Waals surface area contributed by atoms with Crippen molar-refractivity contribution in [1.82, 2.24) is 0 Å². The standard InChI is InChI=1S/C62H52N6/c63-45-47-19-16-31-58(43-47)65(50-23-8-2-9-24-50)54-35-39-56(40-36-54)67(52-27-12-4-13-28-52)61-34-18-33-60(49-21-6-1-7-22-49)62(61)68(53-29-14-5-15-30-53)57-41-37-55(38-42-57)66(51-25-10-3-11-26-51)59-32-17-20-48(44-59)46-64/h1-44H,45-46,63-64H2. The molecule has 10 aromatic carbocycles. The Balaban J connectivity index is 1.15. The van der Waals surface area contributed by atoms with Crippen molar-refractivity contribution in [3.05, 3.63) is 278 Å². The van der Waals surface area contributed by atoms with Crippen LogP contribution in [0.2, 0.25) is 0 Å². The Kier molecular flexibility index (Phi) is 12.9. The Bertz CT molecular complexity index is 3180. The molecule has 0 saturated heterocycles. The quantitative estimate of drug-likeness (QED) is 0.107. The number of anilines is 12. The van der Waals surface area contributed by atoms with Crippen LogP contribution in [0.4, 0.5) is 68.2 Å². The third kappa shape index (κ3) is 9.10. The smallest absolute Gasteiger partial charge is 0.0781 e. The van der Waals surface area contributed by atoms with E-state index in [4.69, 9.17) is 11.5 Å². The van der Waals surface area contributed by atoms with Crippen molar-refractivity contribution in [3.8, 4) is 11.1 Å². The van der Waals surface area contributed by atoms with E-state index in [1.165, 1.54) is 0 Å². The summed E-state index contributed by atoms with van der Waals surface area (Å²) in [5.74, 6) is 0. The highest BCUT2D eigenvalue weighted by atomic mass is 15.2. The Morgan fingerprint density at radius 3 is 0.971 bits per heavy atom. The first kappa shape index (κ1) is 43.2. The van der Waals surface area contributed by atoms with Crippen LogP contribution in [0.3, 0.4) is 0 Å². The highest BCUT2D eigenvalue weighted by Crippen LogP contribution is 2.51. The molecule has 10 aromatic rings. The lowest BCUT2D eigenvalue weighted by atomic mass is 9.99. The summed E-state index contributed by atoms with van der Waals surface area (Å²) in [5.41, 5.74) is 29.1. The minimum Gasteiger partial charge on any atom is -0.326 e. The summed E-state index contributed by atoms with van der Waals surface area (Å²) in [6.07, 6.45) is 0. The van der Waals surface area contributed by atoms with Gasteiger partial charge in [-0.3, -0.25) is 0 Å². The minimum atomic E-state index is 0.463. The highest BCUT2D eigenvalue weighted by molar-refractivity contribution is 5.99. The van der Waals surface area contributed by atoms with Crippen LogP contribution >= 0.6 is 0 Å². The van der Waals surface area contributed by atoms with E-state index in [-0.39, 0.29) is 0 Å². The van der Waals surface area contributed by atoms with E-state index in [0.29, 0.717) is 13.1 Å². The van der Waals surface area contributed by atoms with Gasteiger partial charge in [-0.1, -0.05) is 140 Å². The SMILES string of the molecule is NCc1cccc(N(c2ccccc2)c2ccc(N(c3ccccc3)c3cccc(-c4ccccc4)c3N(c3ccccc3)c3ccc(N(c4ccccc4)c4cccc(CN)c4)cc3)cc2)c1. The molecule has 6 heteroatoms. The van der Waals surface area contributed by atoms with Crippen molar-refractivity contribution in [3.63, 3.8) is 0 Å². The molecule has 0 radical (unpaired) electrons. The van der Waals surface area contributed by atoms with Crippen molar-refractivity contribution in [2.75, 3.05) is 19.6 Å². The molecule has 0 saturated carbocycles. The fraction of sp³-hybridized carbons (Fsp3) is 0.0323. The van der Waals surface area contributed by atoms with Gasteiger partial charge in [0.15, 0.2) is 0 Å². The first-order chi connectivity index (χ1) is 33.7. The zero-order valence-corrected chi connectivity index (χ0v) is 37.8. The van der Waals surface area contributed by atoms with Gasteiger partial charge in [-0.05, 0) is 144 Å². The molecule has 0 atom stereocenters. The molecule has 330 valence electrons. The molecule has 0 aliphatic heterocycles. The van der Waals surface area contributed by atoms with Crippen LogP contribution in [0.15, 0.2) is 267 Å². The first-order valence-electron chi connectivity index (χ1n) is 23.0. The van der Waals surface area contributed by atoms with E-state index in [9.17, 15) is 0 Å². The van der Waals surface area contributed by atoms with E-state index in [1.54, 1.807) is 0 Å². The van der Waals surface area contributed by atoms with Crippen molar-refractivity contribution in [2.24, 2.45) is 11.5 Å². The van der Waals surface area contributed by atoms with Gasteiger partial charge in [-0.15, -0.1) is 0 Å². The number of hydrogen-bond donors (Lipinski definition) is 2. The van der Waals surface area contributed by atoms with E-state index in [1.807, 2.05) is 0 Å². The summed E-state index contributed by atoms with van der Waals surface area (Å²) < 4.78 is 0. The van der Waals surface area contributed by atoms with Crippen LogP contribution < -0.4 is 31.1 Å². The summed E-state index contributed by atoms with van der Waals surface area (Å²) in [7, 11) is 0. The normalized spacial score (nSPS) is 10.9. The summed E-state index contributed by atoms with van der Waals surface area (Å²) in [5, 5.41) is 0. The monoisotopic (exact) mass is 880 g/mol. The number of para-hydroxylation sites is 5. The van der Waals surface area contributed by atoms with Crippen LogP contribution in [0.5, 0.6) is 0 Å². The Labute approximate surface area is 399 Å². The van der Waals surface area contributed by atoms with Crippen LogP contribution in [-0.2, 0) is 13.1 Å². The summed E-state index contributed by atoms with van der Waals surface area (Å²) in [4.78, 5) is 9.34. The van der Waals surface area contributed by atoms with Crippen LogP contribution in [0.1, 0.15) is 11.1 Å². The van der Waals surface area contributed by atoms with Gasteiger partial charge < -0.3 is 31.1 Å². The second-order valence-corrected chi connectivity index (χ2v) is 16.5. The van der Waals surface area contributed by atoms with E-state index < -0.39 is 0 Å². The molecule has 0 bridgehead atoms. The highest BCUT2D eigenvalue weighted by Gasteiger charge is 2.26. The van der Waals surface area contributed by atoms with Gasteiger partial charge >= 0.3 is 0 Å². The molecule has 0 aliphatic carbocycles. The maximum absolute atomic E-state index is 6.16. The summed E-state index contributed by atoms with van der Waals surface area (Å²) in [6.45, 7) is 0.927. The molecule has 10 rings (SSSR count). The second-order valence-electron chi connectivity index (χ2n) is 16.5. The lowest BCUT2D eigenvalue weighted by molar-refractivity contribution is 1.07. The molecule has 0 fully saturated rings. The van der Waals surface area contributed by atoms with Crippen molar-refractivity contribution >= 4 is 68.2 Å². The van der Waals surface area contributed by atoms with Gasteiger partial charge in [-0.25, -0.2) is 0 Å². The summed E-state index contributed by atoms with van der Waals surface area (Å²) >= 11 is 0. The molecule has 4 N–H and O–H groups in total.